The van der Waals surface area contributed by atoms with Gasteiger partial charge < -0.3 is 0 Å². The maximum absolute atomic E-state index is 12.1. The first-order chi connectivity index (χ1) is 11.5. The summed E-state index contributed by atoms with van der Waals surface area (Å²) < 4.78 is 0. The lowest BCUT2D eigenvalue weighted by Gasteiger charge is -2.23. The molecule has 2 aromatic carbocycles. The fraction of sp³-hybridized carbons (Fsp3) is 0.125. The van der Waals surface area contributed by atoms with Gasteiger partial charge in [0.2, 0.25) is 0 Å². The van der Waals surface area contributed by atoms with Crippen LogP contribution in [0.2, 0.25) is 5.02 Å². The Hall–Kier alpha value is -2.38. The molecule has 0 saturated heterocycles. The Morgan fingerprint density at radius 1 is 1.17 bits per heavy atom. The number of hydrazone groups is 1. The van der Waals surface area contributed by atoms with Crippen molar-refractivity contribution in [3.63, 3.8) is 0 Å². The van der Waals surface area contributed by atoms with E-state index in [9.17, 15) is 14.9 Å². The van der Waals surface area contributed by atoms with Crippen molar-refractivity contribution in [1.82, 2.24) is 5.01 Å². The second kappa shape index (κ2) is 7.02. The summed E-state index contributed by atoms with van der Waals surface area (Å²) in [5, 5.41) is 17.0. The number of thioether (sulfide) groups is 1. The second-order valence-electron chi connectivity index (χ2n) is 5.09. The van der Waals surface area contributed by atoms with Crippen LogP contribution in [0.3, 0.4) is 0 Å². The number of nitro benzene ring substituents is 1. The Bertz CT molecular complexity index is 806. The van der Waals surface area contributed by atoms with Gasteiger partial charge in [-0.15, -0.1) is 0 Å². The van der Waals surface area contributed by atoms with E-state index in [0.29, 0.717) is 10.8 Å². The molecule has 3 rings (SSSR count). The number of benzene rings is 2. The number of hydrogen-bond donors (Lipinski definition) is 0. The van der Waals surface area contributed by atoms with Crippen molar-refractivity contribution in [1.29, 1.82) is 0 Å². The van der Waals surface area contributed by atoms with Crippen LogP contribution in [0.5, 0.6) is 0 Å². The van der Waals surface area contributed by atoms with E-state index in [1.54, 1.807) is 24.3 Å². The molecule has 0 saturated carbocycles. The molecule has 0 aromatic heterocycles. The fourth-order valence-corrected chi connectivity index (χ4v) is 3.06. The van der Waals surface area contributed by atoms with Crippen LogP contribution in [-0.4, -0.2) is 26.6 Å². The largest absolute Gasteiger partial charge is 0.302 e. The highest BCUT2D eigenvalue weighted by atomic mass is 35.5. The van der Waals surface area contributed by atoms with Gasteiger partial charge in [0.25, 0.3) is 5.69 Å². The Balaban J connectivity index is 1.80. The van der Waals surface area contributed by atoms with Crippen molar-refractivity contribution in [2.45, 2.75) is 6.54 Å². The number of carbonyl (C=O) groups is 1. The van der Waals surface area contributed by atoms with Crippen LogP contribution in [0.1, 0.15) is 11.1 Å². The van der Waals surface area contributed by atoms with Gasteiger partial charge in [0.15, 0.2) is 0 Å². The molecular weight excluding hydrogens is 350 g/mol. The summed E-state index contributed by atoms with van der Waals surface area (Å²) in [5.74, 6) is 0.497. The number of non-ortho nitro benzene ring substituents is 1. The van der Waals surface area contributed by atoms with Crippen LogP contribution >= 0.6 is 23.4 Å². The molecule has 0 atom stereocenters. The van der Waals surface area contributed by atoms with Gasteiger partial charge in [0.05, 0.1) is 17.2 Å². The molecule has 0 aliphatic carbocycles. The van der Waals surface area contributed by atoms with Gasteiger partial charge in [-0.3, -0.25) is 14.9 Å². The van der Waals surface area contributed by atoms with Gasteiger partial charge >= 0.3 is 5.24 Å². The average Bonchev–Trinajstić information content (AvgIpc) is 2.58. The summed E-state index contributed by atoms with van der Waals surface area (Å²) in [6.45, 7) is 0.265. The summed E-state index contributed by atoms with van der Waals surface area (Å²) in [5.41, 5.74) is 2.49. The molecule has 24 heavy (non-hydrogen) atoms. The van der Waals surface area contributed by atoms with Crippen molar-refractivity contribution in [3.8, 4) is 0 Å². The Morgan fingerprint density at radius 3 is 2.46 bits per heavy atom. The Labute approximate surface area is 147 Å². The van der Waals surface area contributed by atoms with Gasteiger partial charge in [0.1, 0.15) is 0 Å². The van der Waals surface area contributed by atoms with E-state index in [1.807, 2.05) is 12.1 Å². The smallest absolute Gasteiger partial charge is 0.260 e. The molecular formula is C16H12ClN3O3S. The van der Waals surface area contributed by atoms with Crippen LogP contribution in [0.15, 0.2) is 53.6 Å². The third kappa shape index (κ3) is 3.74. The summed E-state index contributed by atoms with van der Waals surface area (Å²) >= 11 is 7.06. The highest BCUT2D eigenvalue weighted by Gasteiger charge is 2.22. The molecule has 6 nitrogen and oxygen atoms in total. The number of nitro groups is 1. The van der Waals surface area contributed by atoms with Crippen molar-refractivity contribution in [2.24, 2.45) is 5.10 Å². The second-order valence-corrected chi connectivity index (χ2v) is 6.45. The molecule has 1 heterocycles. The van der Waals surface area contributed by atoms with E-state index >= 15 is 0 Å². The van der Waals surface area contributed by atoms with Crippen LogP contribution in [0, 0.1) is 10.1 Å². The van der Waals surface area contributed by atoms with Crippen molar-refractivity contribution in [3.05, 3.63) is 74.8 Å². The molecule has 0 spiro atoms. The van der Waals surface area contributed by atoms with Crippen LogP contribution in [-0.2, 0) is 6.54 Å². The number of carbonyl (C=O) groups excluding carboxylic acids is 1. The summed E-state index contributed by atoms with van der Waals surface area (Å²) in [4.78, 5) is 22.3. The molecule has 122 valence electrons. The van der Waals surface area contributed by atoms with E-state index in [4.69, 9.17) is 11.6 Å². The fourth-order valence-electron chi connectivity index (χ4n) is 2.20. The molecule has 0 radical (unpaired) electrons. The predicted octanol–water partition coefficient (Wildman–Crippen LogP) is 4.32. The van der Waals surface area contributed by atoms with Crippen LogP contribution in [0.25, 0.3) is 0 Å². The van der Waals surface area contributed by atoms with Gasteiger partial charge in [-0.25, -0.2) is 5.01 Å². The highest BCUT2D eigenvalue weighted by Crippen LogP contribution is 2.23. The summed E-state index contributed by atoms with van der Waals surface area (Å²) in [6.07, 6.45) is 0. The van der Waals surface area contributed by atoms with Crippen LogP contribution in [0.4, 0.5) is 10.5 Å². The Morgan fingerprint density at radius 2 is 1.83 bits per heavy atom. The molecule has 0 fully saturated rings. The zero-order valence-corrected chi connectivity index (χ0v) is 14.0. The topological polar surface area (TPSA) is 75.8 Å². The molecule has 1 aliphatic rings. The highest BCUT2D eigenvalue weighted by molar-refractivity contribution is 8.14. The quantitative estimate of drug-likeness (QED) is 0.600. The number of halogens is 1. The Kier molecular flexibility index (Phi) is 4.82. The van der Waals surface area contributed by atoms with Crippen LogP contribution < -0.4 is 0 Å². The maximum atomic E-state index is 12.1. The van der Waals surface area contributed by atoms with E-state index in [2.05, 4.69) is 5.10 Å². The third-order valence-corrected chi connectivity index (χ3v) is 4.57. The molecule has 1 aliphatic heterocycles. The number of nitrogens with zero attached hydrogens (tertiary/aromatic N) is 3. The average molecular weight is 362 g/mol. The minimum Gasteiger partial charge on any atom is -0.260 e. The van der Waals surface area contributed by atoms with E-state index in [-0.39, 0.29) is 17.5 Å². The van der Waals surface area contributed by atoms with Crippen molar-refractivity contribution < 1.29 is 9.72 Å². The first-order valence-electron chi connectivity index (χ1n) is 7.04. The lowest BCUT2D eigenvalue weighted by molar-refractivity contribution is -0.384. The SMILES string of the molecule is O=C1SCC(c2ccc(Cl)cc2)=NN1Cc1ccc([N+](=O)[O-])cc1. The molecule has 0 unspecified atom stereocenters. The predicted molar refractivity (Wildman–Crippen MR) is 94.5 cm³/mol. The van der Waals surface area contributed by atoms with Gasteiger partial charge in [0, 0.05) is 22.9 Å². The number of hydrogen-bond acceptors (Lipinski definition) is 5. The minimum atomic E-state index is -0.456. The zero-order chi connectivity index (χ0) is 17.1. The molecule has 2 aromatic rings. The van der Waals surface area contributed by atoms with E-state index in [1.165, 1.54) is 28.9 Å². The minimum absolute atomic E-state index is 0.0171. The van der Waals surface area contributed by atoms with Crippen molar-refractivity contribution >= 4 is 40.0 Å². The standard InChI is InChI=1S/C16H12ClN3O3S/c17-13-5-3-12(4-6-13)15-10-24-16(21)19(18-15)9-11-1-7-14(8-2-11)20(22)23/h1-8H,9-10H2. The van der Waals surface area contributed by atoms with E-state index in [0.717, 1.165) is 16.8 Å². The summed E-state index contributed by atoms with van der Waals surface area (Å²) in [6, 6.07) is 13.4. The van der Waals surface area contributed by atoms with Gasteiger partial charge in [-0.1, -0.05) is 47.6 Å². The van der Waals surface area contributed by atoms with Crippen molar-refractivity contribution in [2.75, 3.05) is 5.75 Å². The molecule has 1 amide bonds. The first kappa shape index (κ1) is 16.5. The number of amides is 1. The molecule has 8 heteroatoms. The van der Waals surface area contributed by atoms with E-state index < -0.39 is 4.92 Å². The first-order valence-corrected chi connectivity index (χ1v) is 8.40. The van der Waals surface area contributed by atoms with Gasteiger partial charge in [-0.05, 0) is 23.3 Å². The normalized spacial score (nSPS) is 14.5. The monoisotopic (exact) mass is 361 g/mol. The lowest BCUT2D eigenvalue weighted by atomic mass is 10.1. The third-order valence-electron chi connectivity index (χ3n) is 3.44. The van der Waals surface area contributed by atoms with Gasteiger partial charge in [-0.2, -0.15) is 5.10 Å². The lowest BCUT2D eigenvalue weighted by Crippen LogP contribution is -2.29. The zero-order valence-electron chi connectivity index (χ0n) is 12.4. The molecule has 0 N–H and O–H groups in total. The maximum Gasteiger partial charge on any atom is 0.302 e. The number of rotatable bonds is 4. The molecule has 0 bridgehead atoms. The summed E-state index contributed by atoms with van der Waals surface area (Å²) in [7, 11) is 0.